The average molecular weight is 316 g/mol. The highest BCUT2D eigenvalue weighted by Gasteiger charge is 2.58. The van der Waals surface area contributed by atoms with Crippen LogP contribution in [-0.4, -0.2) is 59.3 Å². The zero-order valence-corrected chi connectivity index (χ0v) is 13.2. The van der Waals surface area contributed by atoms with E-state index in [1.165, 1.54) is 0 Å². The summed E-state index contributed by atoms with van der Waals surface area (Å²) in [7, 11) is 0. The second kappa shape index (κ2) is 6.52. The number of ether oxygens (including phenoxy) is 3. The molecule has 2 saturated heterocycles. The number of aliphatic carboxylic acids is 2. The molecular formula is C15H24O7. The van der Waals surface area contributed by atoms with Gasteiger partial charge in [-0.25, -0.2) is 9.59 Å². The lowest BCUT2D eigenvalue weighted by atomic mass is 9.67. The van der Waals surface area contributed by atoms with Crippen LogP contribution in [0, 0.1) is 11.8 Å². The molecule has 2 bridgehead atoms. The van der Waals surface area contributed by atoms with Crippen molar-refractivity contribution in [3.8, 4) is 0 Å². The Kier molecular flexibility index (Phi) is 5.09. The fourth-order valence-electron chi connectivity index (χ4n) is 3.62. The third-order valence-electron chi connectivity index (χ3n) is 4.64. The van der Waals surface area contributed by atoms with E-state index in [2.05, 4.69) is 13.8 Å². The summed E-state index contributed by atoms with van der Waals surface area (Å²) in [6.45, 7) is 5.20. The maximum atomic E-state index is 10.7. The van der Waals surface area contributed by atoms with Gasteiger partial charge in [-0.1, -0.05) is 13.8 Å². The number of fused-ring (bicyclic) bond motifs is 3. The number of carbonyl (C=O) groups is 2. The fraction of sp³-hybridized carbons (Fsp3) is 0.867. The standard InChI is InChI=1S/C15H24O7/c1-8(2)14-9-4-10(20-6-12(16)17)15(3,22-14)11(5-9)21-7-13(18)19/h8-11,14H,4-7H2,1-3H3,(H,16,17)(H,18,19). The van der Waals surface area contributed by atoms with Gasteiger partial charge in [0.25, 0.3) is 0 Å². The molecule has 7 heteroatoms. The average Bonchev–Trinajstić information content (AvgIpc) is 2.42. The molecule has 1 saturated carbocycles. The molecule has 0 aromatic heterocycles. The van der Waals surface area contributed by atoms with Crippen molar-refractivity contribution in [2.75, 3.05) is 13.2 Å². The van der Waals surface area contributed by atoms with Crippen LogP contribution in [0.5, 0.6) is 0 Å². The molecule has 22 heavy (non-hydrogen) atoms. The molecule has 2 N–H and O–H groups in total. The predicted octanol–water partition coefficient (Wildman–Crippen LogP) is 1.15. The lowest BCUT2D eigenvalue weighted by Crippen LogP contribution is -2.67. The van der Waals surface area contributed by atoms with Gasteiger partial charge in [0.05, 0.1) is 18.3 Å². The Balaban J connectivity index is 2.14. The summed E-state index contributed by atoms with van der Waals surface area (Å²) in [5, 5.41) is 17.6. The molecule has 0 amide bonds. The van der Waals surface area contributed by atoms with E-state index in [1.54, 1.807) is 0 Å². The van der Waals surface area contributed by atoms with E-state index in [-0.39, 0.29) is 12.0 Å². The maximum Gasteiger partial charge on any atom is 0.329 e. The molecule has 3 aliphatic rings. The highest BCUT2D eigenvalue weighted by atomic mass is 16.6. The third kappa shape index (κ3) is 3.42. The van der Waals surface area contributed by atoms with E-state index in [4.69, 9.17) is 24.4 Å². The molecule has 1 aliphatic carbocycles. The second-order valence-corrected chi connectivity index (χ2v) is 6.63. The summed E-state index contributed by atoms with van der Waals surface area (Å²) in [4.78, 5) is 21.5. The number of hydrogen-bond donors (Lipinski definition) is 2. The Morgan fingerprint density at radius 1 is 1.14 bits per heavy atom. The summed E-state index contributed by atoms with van der Waals surface area (Å²) in [6.07, 6.45) is 0.658. The topological polar surface area (TPSA) is 102 Å². The number of rotatable bonds is 7. The molecule has 0 aromatic carbocycles. The van der Waals surface area contributed by atoms with Gasteiger partial charge < -0.3 is 24.4 Å². The van der Waals surface area contributed by atoms with Crippen molar-refractivity contribution < 1.29 is 34.0 Å². The van der Waals surface area contributed by atoms with Crippen LogP contribution in [0.2, 0.25) is 0 Å². The van der Waals surface area contributed by atoms with Gasteiger partial charge >= 0.3 is 11.9 Å². The molecule has 2 heterocycles. The van der Waals surface area contributed by atoms with Crippen molar-refractivity contribution in [1.29, 1.82) is 0 Å². The molecule has 2 aliphatic heterocycles. The molecule has 0 spiro atoms. The van der Waals surface area contributed by atoms with Gasteiger partial charge in [-0.15, -0.1) is 0 Å². The van der Waals surface area contributed by atoms with Crippen molar-refractivity contribution in [3.05, 3.63) is 0 Å². The zero-order chi connectivity index (χ0) is 16.5. The maximum absolute atomic E-state index is 10.7. The molecular weight excluding hydrogens is 292 g/mol. The van der Waals surface area contributed by atoms with Crippen molar-refractivity contribution in [3.63, 3.8) is 0 Å². The van der Waals surface area contributed by atoms with Crippen LogP contribution in [0.3, 0.4) is 0 Å². The monoisotopic (exact) mass is 316 g/mol. The summed E-state index contributed by atoms with van der Waals surface area (Å²) >= 11 is 0. The van der Waals surface area contributed by atoms with Gasteiger partial charge in [-0.3, -0.25) is 0 Å². The van der Waals surface area contributed by atoms with E-state index in [1.807, 2.05) is 6.92 Å². The summed E-state index contributed by atoms with van der Waals surface area (Å²) in [5.41, 5.74) is -0.825. The van der Waals surface area contributed by atoms with Crippen LogP contribution in [-0.2, 0) is 23.8 Å². The van der Waals surface area contributed by atoms with Gasteiger partial charge in [-0.2, -0.15) is 0 Å². The summed E-state index contributed by atoms with van der Waals surface area (Å²) in [6, 6.07) is 0. The first-order valence-electron chi connectivity index (χ1n) is 7.58. The van der Waals surface area contributed by atoms with Gasteiger partial charge in [0.1, 0.15) is 18.8 Å². The molecule has 3 atom stereocenters. The molecule has 3 fully saturated rings. The molecule has 3 unspecified atom stereocenters. The number of carboxylic acid groups (broad SMARTS) is 2. The van der Waals surface area contributed by atoms with Crippen LogP contribution in [0.25, 0.3) is 0 Å². The van der Waals surface area contributed by atoms with Crippen LogP contribution < -0.4 is 0 Å². The van der Waals surface area contributed by atoms with E-state index >= 15 is 0 Å². The van der Waals surface area contributed by atoms with Crippen LogP contribution in [0.4, 0.5) is 0 Å². The third-order valence-corrected chi connectivity index (χ3v) is 4.64. The van der Waals surface area contributed by atoms with Gasteiger partial charge in [0.2, 0.25) is 0 Å². The quantitative estimate of drug-likeness (QED) is 0.726. The predicted molar refractivity (Wildman–Crippen MR) is 75.6 cm³/mol. The smallest absolute Gasteiger partial charge is 0.329 e. The van der Waals surface area contributed by atoms with E-state index < -0.39 is 43.0 Å². The Morgan fingerprint density at radius 3 is 1.95 bits per heavy atom. The normalized spacial score (nSPS) is 37.5. The lowest BCUT2D eigenvalue weighted by molar-refractivity contribution is -0.304. The second-order valence-electron chi connectivity index (χ2n) is 6.63. The molecule has 0 aromatic rings. The van der Waals surface area contributed by atoms with Crippen molar-refractivity contribution in [2.24, 2.45) is 11.8 Å². The Hall–Kier alpha value is -1.18. The van der Waals surface area contributed by atoms with Crippen LogP contribution in [0.15, 0.2) is 0 Å². The summed E-state index contributed by atoms with van der Waals surface area (Å²) < 4.78 is 17.2. The summed E-state index contributed by atoms with van der Waals surface area (Å²) in [5.74, 6) is -1.56. The van der Waals surface area contributed by atoms with Gasteiger partial charge in [0.15, 0.2) is 0 Å². The Bertz CT molecular complexity index is 406. The van der Waals surface area contributed by atoms with Crippen molar-refractivity contribution in [2.45, 2.75) is 57.5 Å². The molecule has 3 rings (SSSR count). The first-order valence-corrected chi connectivity index (χ1v) is 7.58. The van der Waals surface area contributed by atoms with E-state index in [0.29, 0.717) is 18.8 Å². The molecule has 126 valence electrons. The van der Waals surface area contributed by atoms with Crippen LogP contribution in [0.1, 0.15) is 33.6 Å². The number of carboxylic acids is 2. The minimum atomic E-state index is -1.03. The van der Waals surface area contributed by atoms with E-state index in [9.17, 15) is 9.59 Å². The lowest BCUT2D eigenvalue weighted by Gasteiger charge is -2.57. The molecule has 7 nitrogen and oxygen atoms in total. The Labute approximate surface area is 129 Å². The van der Waals surface area contributed by atoms with Crippen molar-refractivity contribution >= 4 is 11.9 Å². The Morgan fingerprint density at radius 2 is 1.59 bits per heavy atom. The molecule has 0 radical (unpaired) electrons. The fourth-order valence-corrected chi connectivity index (χ4v) is 3.62. The first-order chi connectivity index (χ1) is 10.2. The highest BCUT2D eigenvalue weighted by molar-refractivity contribution is 5.68. The van der Waals surface area contributed by atoms with Crippen LogP contribution >= 0.6 is 0 Å². The minimum absolute atomic E-state index is 0.0550. The largest absolute Gasteiger partial charge is 0.480 e. The van der Waals surface area contributed by atoms with Crippen molar-refractivity contribution in [1.82, 2.24) is 0 Å². The zero-order valence-electron chi connectivity index (χ0n) is 13.2. The van der Waals surface area contributed by atoms with E-state index in [0.717, 1.165) is 0 Å². The SMILES string of the molecule is CC(C)C1OC2(C)C(OCC(=O)O)CC1CC2OCC(=O)O. The minimum Gasteiger partial charge on any atom is -0.480 e. The first kappa shape index (κ1) is 17.2. The van der Waals surface area contributed by atoms with Gasteiger partial charge in [0, 0.05) is 0 Å². The highest BCUT2D eigenvalue weighted by Crippen LogP contribution is 2.49. The number of hydrogen-bond acceptors (Lipinski definition) is 5. The van der Waals surface area contributed by atoms with Gasteiger partial charge in [-0.05, 0) is 31.6 Å².